The van der Waals surface area contributed by atoms with Crippen molar-refractivity contribution >= 4 is 27.1 Å². The monoisotopic (exact) mass is 193 g/mol. The molecule has 0 atom stereocenters. The van der Waals surface area contributed by atoms with Gasteiger partial charge in [-0.05, 0) is 23.4 Å². The summed E-state index contributed by atoms with van der Waals surface area (Å²) in [4.78, 5) is 0. The molecule has 3 heteroatoms. The molecule has 0 spiro atoms. The summed E-state index contributed by atoms with van der Waals surface area (Å²) < 4.78 is 0.936. The molecular weight excluding hydrogens is 182 g/mol. The first-order valence-electron chi connectivity index (χ1n) is 4.21. The molecular formula is C10H11NOS. The van der Waals surface area contributed by atoms with Crippen LogP contribution in [0.2, 0.25) is 0 Å². The highest BCUT2D eigenvalue weighted by atomic mass is 32.1. The molecule has 0 aliphatic carbocycles. The van der Waals surface area contributed by atoms with Gasteiger partial charge in [-0.15, -0.1) is 11.3 Å². The maximum Gasteiger partial charge on any atom is 0.135 e. The largest absolute Gasteiger partial charge is 0.506 e. The minimum atomic E-state index is 0.291. The second kappa shape index (κ2) is 2.92. The second-order valence-corrected chi connectivity index (χ2v) is 3.90. The van der Waals surface area contributed by atoms with Gasteiger partial charge in [-0.1, -0.05) is 6.92 Å². The van der Waals surface area contributed by atoms with Crippen molar-refractivity contribution in [2.75, 3.05) is 5.73 Å². The standard InChI is InChI=1S/C10H11NOS/c1-2-6-7-3-4-13-10(7)9(12)5-8(6)11/h3-5,12H,2,11H2,1H3. The fourth-order valence-electron chi connectivity index (χ4n) is 1.60. The Hall–Kier alpha value is -1.22. The van der Waals surface area contributed by atoms with E-state index < -0.39 is 0 Å². The van der Waals surface area contributed by atoms with Gasteiger partial charge in [-0.3, -0.25) is 0 Å². The molecule has 0 aliphatic rings. The van der Waals surface area contributed by atoms with Crippen LogP contribution in [0.5, 0.6) is 5.75 Å². The molecule has 1 aromatic carbocycles. The fourth-order valence-corrected chi connectivity index (χ4v) is 2.43. The summed E-state index contributed by atoms with van der Waals surface area (Å²) in [6.45, 7) is 2.07. The minimum absolute atomic E-state index is 0.291. The van der Waals surface area contributed by atoms with Crippen molar-refractivity contribution in [2.45, 2.75) is 13.3 Å². The van der Waals surface area contributed by atoms with Crippen LogP contribution in [0.1, 0.15) is 12.5 Å². The molecule has 0 fully saturated rings. The summed E-state index contributed by atoms with van der Waals surface area (Å²) in [5, 5.41) is 12.7. The van der Waals surface area contributed by atoms with Crippen LogP contribution in [0.25, 0.3) is 10.1 Å². The zero-order chi connectivity index (χ0) is 9.42. The first-order valence-corrected chi connectivity index (χ1v) is 5.09. The van der Waals surface area contributed by atoms with Crippen LogP contribution in [0, 0.1) is 0 Å². The summed E-state index contributed by atoms with van der Waals surface area (Å²) in [6, 6.07) is 3.65. The Morgan fingerprint density at radius 3 is 3.00 bits per heavy atom. The molecule has 68 valence electrons. The van der Waals surface area contributed by atoms with E-state index in [-0.39, 0.29) is 0 Å². The molecule has 0 amide bonds. The number of hydrogen-bond donors (Lipinski definition) is 2. The quantitative estimate of drug-likeness (QED) is 0.684. The summed E-state index contributed by atoms with van der Waals surface area (Å²) >= 11 is 1.55. The van der Waals surface area contributed by atoms with Gasteiger partial charge >= 0.3 is 0 Å². The molecule has 2 aromatic rings. The van der Waals surface area contributed by atoms with Crippen LogP contribution in [-0.2, 0) is 6.42 Å². The Morgan fingerprint density at radius 1 is 1.54 bits per heavy atom. The molecule has 1 heterocycles. The molecule has 0 radical (unpaired) electrons. The average Bonchev–Trinajstić information content (AvgIpc) is 2.53. The molecule has 2 rings (SSSR count). The summed E-state index contributed by atoms with van der Waals surface area (Å²) in [5.41, 5.74) is 7.62. The van der Waals surface area contributed by atoms with Crippen LogP contribution < -0.4 is 5.73 Å². The van der Waals surface area contributed by atoms with E-state index in [2.05, 4.69) is 6.92 Å². The zero-order valence-corrected chi connectivity index (χ0v) is 8.19. The Morgan fingerprint density at radius 2 is 2.31 bits per heavy atom. The smallest absolute Gasteiger partial charge is 0.135 e. The number of nitrogens with two attached hydrogens (primary N) is 1. The first kappa shape index (κ1) is 8.38. The lowest BCUT2D eigenvalue weighted by Crippen LogP contribution is -1.92. The van der Waals surface area contributed by atoms with Crippen molar-refractivity contribution in [1.29, 1.82) is 0 Å². The third-order valence-electron chi connectivity index (χ3n) is 2.22. The maximum atomic E-state index is 9.59. The van der Waals surface area contributed by atoms with Crippen molar-refractivity contribution < 1.29 is 5.11 Å². The van der Waals surface area contributed by atoms with Gasteiger partial charge in [0.1, 0.15) is 5.75 Å². The van der Waals surface area contributed by atoms with Crippen molar-refractivity contribution in [3.63, 3.8) is 0 Å². The molecule has 2 nitrogen and oxygen atoms in total. The Balaban J connectivity index is 2.88. The molecule has 3 N–H and O–H groups in total. The number of rotatable bonds is 1. The summed E-state index contributed by atoms with van der Waals surface area (Å²) in [7, 11) is 0. The molecule has 1 aromatic heterocycles. The topological polar surface area (TPSA) is 46.2 Å². The number of aromatic hydroxyl groups is 1. The van der Waals surface area contributed by atoms with E-state index in [0.717, 1.165) is 22.1 Å². The van der Waals surface area contributed by atoms with E-state index in [9.17, 15) is 5.11 Å². The van der Waals surface area contributed by atoms with E-state index in [4.69, 9.17) is 5.73 Å². The minimum Gasteiger partial charge on any atom is -0.506 e. The summed E-state index contributed by atoms with van der Waals surface area (Å²) in [6.07, 6.45) is 0.902. The van der Waals surface area contributed by atoms with Crippen LogP contribution in [0.15, 0.2) is 17.5 Å². The van der Waals surface area contributed by atoms with Crippen molar-refractivity contribution in [2.24, 2.45) is 0 Å². The highest BCUT2D eigenvalue weighted by molar-refractivity contribution is 7.17. The van der Waals surface area contributed by atoms with Gasteiger partial charge in [0.05, 0.1) is 4.70 Å². The van der Waals surface area contributed by atoms with Gasteiger partial charge in [-0.25, -0.2) is 0 Å². The number of nitrogen functional groups attached to an aromatic ring is 1. The van der Waals surface area contributed by atoms with Gasteiger partial charge in [0.25, 0.3) is 0 Å². The van der Waals surface area contributed by atoms with Crippen molar-refractivity contribution in [3.8, 4) is 5.75 Å². The van der Waals surface area contributed by atoms with Gasteiger partial charge < -0.3 is 10.8 Å². The Bertz CT molecular complexity index is 447. The normalized spacial score (nSPS) is 10.8. The third-order valence-corrected chi connectivity index (χ3v) is 3.15. The highest BCUT2D eigenvalue weighted by Crippen LogP contribution is 2.36. The molecule has 0 saturated heterocycles. The fraction of sp³-hybridized carbons (Fsp3) is 0.200. The number of phenols is 1. The summed E-state index contributed by atoms with van der Waals surface area (Å²) in [5.74, 6) is 0.291. The van der Waals surface area contributed by atoms with Crippen LogP contribution >= 0.6 is 11.3 Å². The van der Waals surface area contributed by atoms with E-state index in [1.807, 2.05) is 11.4 Å². The Labute approximate surface area is 80.6 Å². The lowest BCUT2D eigenvalue weighted by atomic mass is 10.1. The van der Waals surface area contributed by atoms with Gasteiger partial charge in [0.2, 0.25) is 0 Å². The number of phenolic OH excluding ortho intramolecular Hbond substituents is 1. The van der Waals surface area contributed by atoms with Crippen molar-refractivity contribution in [3.05, 3.63) is 23.1 Å². The predicted molar refractivity (Wildman–Crippen MR) is 57.3 cm³/mol. The van der Waals surface area contributed by atoms with E-state index in [1.54, 1.807) is 17.4 Å². The lowest BCUT2D eigenvalue weighted by Gasteiger charge is -2.05. The number of benzene rings is 1. The van der Waals surface area contributed by atoms with Gasteiger partial charge in [0.15, 0.2) is 0 Å². The van der Waals surface area contributed by atoms with Crippen LogP contribution in [-0.4, -0.2) is 5.11 Å². The zero-order valence-electron chi connectivity index (χ0n) is 7.37. The number of anilines is 1. The third kappa shape index (κ3) is 1.16. The molecule has 0 saturated carbocycles. The maximum absolute atomic E-state index is 9.59. The van der Waals surface area contributed by atoms with Gasteiger partial charge in [-0.2, -0.15) is 0 Å². The first-order chi connectivity index (χ1) is 6.24. The van der Waals surface area contributed by atoms with E-state index in [1.165, 1.54) is 0 Å². The van der Waals surface area contributed by atoms with Crippen LogP contribution in [0.3, 0.4) is 0 Å². The molecule has 0 unspecified atom stereocenters. The second-order valence-electron chi connectivity index (χ2n) is 2.98. The SMILES string of the molecule is CCc1c(N)cc(O)c2sccc12. The highest BCUT2D eigenvalue weighted by Gasteiger charge is 2.08. The number of hydrogen-bond acceptors (Lipinski definition) is 3. The Kier molecular flexibility index (Phi) is 1.88. The predicted octanol–water partition coefficient (Wildman–Crippen LogP) is 2.75. The van der Waals surface area contributed by atoms with Crippen molar-refractivity contribution in [1.82, 2.24) is 0 Å². The lowest BCUT2D eigenvalue weighted by molar-refractivity contribution is 0.483. The average molecular weight is 193 g/mol. The van der Waals surface area contributed by atoms with Crippen LogP contribution in [0.4, 0.5) is 5.69 Å². The molecule has 0 bridgehead atoms. The number of aryl methyl sites for hydroxylation is 1. The van der Waals surface area contributed by atoms with E-state index >= 15 is 0 Å². The number of thiophene rings is 1. The van der Waals surface area contributed by atoms with E-state index in [0.29, 0.717) is 11.4 Å². The molecule has 0 aliphatic heterocycles. The van der Waals surface area contributed by atoms with Gasteiger partial charge in [0, 0.05) is 17.1 Å². The molecule has 13 heavy (non-hydrogen) atoms. The number of fused-ring (bicyclic) bond motifs is 1.